The molecule has 2 heterocycles. The number of fused-ring (bicyclic) bond motifs is 1. The van der Waals surface area contributed by atoms with E-state index in [9.17, 15) is 0 Å². The predicted octanol–water partition coefficient (Wildman–Crippen LogP) is 4.21. The maximum atomic E-state index is 6.61. The maximum absolute atomic E-state index is 6.61. The molecule has 3 nitrogen and oxygen atoms in total. The third kappa shape index (κ3) is 3.00. The van der Waals surface area contributed by atoms with E-state index >= 15 is 0 Å². The normalized spacial score (nSPS) is 24.0. The van der Waals surface area contributed by atoms with E-state index in [1.165, 1.54) is 0 Å². The van der Waals surface area contributed by atoms with E-state index in [2.05, 4.69) is 0 Å². The van der Waals surface area contributed by atoms with Crippen LogP contribution in [0.5, 0.6) is 11.5 Å². The van der Waals surface area contributed by atoms with E-state index in [-0.39, 0.29) is 5.38 Å². The zero-order chi connectivity index (χ0) is 13.9. The van der Waals surface area contributed by atoms with Gasteiger partial charge in [-0.1, -0.05) is 11.6 Å². The summed E-state index contributed by atoms with van der Waals surface area (Å²) in [5.41, 5.74) is 0.910. The Morgan fingerprint density at radius 1 is 1.05 bits per heavy atom. The Hall–Kier alpha value is -0.640. The summed E-state index contributed by atoms with van der Waals surface area (Å²) in [7, 11) is 0. The summed E-state index contributed by atoms with van der Waals surface area (Å²) < 4.78 is 16.9. The molecule has 20 heavy (non-hydrogen) atoms. The quantitative estimate of drug-likeness (QED) is 0.765. The van der Waals surface area contributed by atoms with E-state index in [4.69, 9.17) is 37.4 Å². The average molecular weight is 317 g/mol. The van der Waals surface area contributed by atoms with Crippen molar-refractivity contribution in [3.63, 3.8) is 0 Å². The number of ether oxygens (including phenoxy) is 3. The van der Waals surface area contributed by atoms with Crippen LogP contribution in [0.1, 0.15) is 30.2 Å². The zero-order valence-corrected chi connectivity index (χ0v) is 12.8. The van der Waals surface area contributed by atoms with Gasteiger partial charge in [-0.2, -0.15) is 0 Å². The number of halogens is 2. The van der Waals surface area contributed by atoms with Crippen molar-refractivity contribution in [1.29, 1.82) is 0 Å². The first kappa shape index (κ1) is 14.3. The van der Waals surface area contributed by atoms with Crippen LogP contribution in [-0.4, -0.2) is 26.4 Å². The van der Waals surface area contributed by atoms with E-state index in [0.29, 0.717) is 36.5 Å². The molecule has 1 fully saturated rings. The second-order valence-electron chi connectivity index (χ2n) is 5.25. The lowest BCUT2D eigenvalue weighted by Crippen LogP contribution is -2.21. The van der Waals surface area contributed by atoms with Crippen LogP contribution in [0.25, 0.3) is 0 Å². The second-order valence-corrected chi connectivity index (χ2v) is 6.13. The summed E-state index contributed by atoms with van der Waals surface area (Å²) in [6.45, 7) is 2.84. The molecule has 0 spiro atoms. The van der Waals surface area contributed by atoms with Crippen molar-refractivity contribution < 1.29 is 14.2 Å². The molecule has 0 aromatic heterocycles. The molecule has 3 rings (SSSR count). The van der Waals surface area contributed by atoms with Gasteiger partial charge in [0.1, 0.15) is 0 Å². The van der Waals surface area contributed by atoms with E-state index in [0.717, 1.165) is 37.2 Å². The van der Waals surface area contributed by atoms with Crippen molar-refractivity contribution >= 4 is 23.2 Å². The predicted molar refractivity (Wildman–Crippen MR) is 79.2 cm³/mol. The van der Waals surface area contributed by atoms with Crippen LogP contribution >= 0.6 is 23.2 Å². The first-order chi connectivity index (χ1) is 9.75. The minimum absolute atomic E-state index is 0.153. The summed E-state index contributed by atoms with van der Waals surface area (Å²) >= 11 is 13.0. The fourth-order valence-electron chi connectivity index (χ4n) is 2.66. The van der Waals surface area contributed by atoms with Gasteiger partial charge in [0.15, 0.2) is 11.5 Å². The lowest BCUT2D eigenvalue weighted by atomic mass is 9.93. The maximum Gasteiger partial charge on any atom is 0.162 e. The topological polar surface area (TPSA) is 27.7 Å². The molecule has 0 N–H and O–H groups in total. The van der Waals surface area contributed by atoms with Gasteiger partial charge in [-0.05, 0) is 24.5 Å². The monoisotopic (exact) mass is 316 g/mol. The summed E-state index contributed by atoms with van der Waals surface area (Å²) in [6.07, 6.45) is 3.00. The second kappa shape index (κ2) is 6.42. The Morgan fingerprint density at radius 3 is 2.50 bits per heavy atom. The third-order valence-electron chi connectivity index (χ3n) is 3.77. The first-order valence-electron chi connectivity index (χ1n) is 7.06. The van der Waals surface area contributed by atoms with E-state index in [1.807, 2.05) is 12.1 Å². The largest absolute Gasteiger partial charge is 0.490 e. The third-order valence-corrected chi connectivity index (χ3v) is 4.69. The molecule has 110 valence electrons. The fourth-order valence-corrected chi connectivity index (χ4v) is 3.37. The van der Waals surface area contributed by atoms with Gasteiger partial charge in [-0.3, -0.25) is 0 Å². The molecule has 5 heteroatoms. The highest BCUT2D eigenvalue weighted by Crippen LogP contribution is 2.43. The van der Waals surface area contributed by atoms with Crippen LogP contribution in [-0.2, 0) is 4.74 Å². The lowest BCUT2D eigenvalue weighted by molar-refractivity contribution is 0.0531. The molecule has 0 saturated carbocycles. The van der Waals surface area contributed by atoms with Crippen LogP contribution in [0.3, 0.4) is 0 Å². The number of hydrogen-bond donors (Lipinski definition) is 0. The molecule has 0 amide bonds. The van der Waals surface area contributed by atoms with Gasteiger partial charge in [-0.25, -0.2) is 0 Å². The molecular formula is C15H18Cl2O3. The smallest absolute Gasteiger partial charge is 0.162 e. The first-order valence-corrected chi connectivity index (χ1v) is 7.88. The van der Waals surface area contributed by atoms with Crippen LogP contribution in [0.4, 0.5) is 0 Å². The van der Waals surface area contributed by atoms with E-state index in [1.54, 1.807) is 0 Å². The number of benzene rings is 1. The molecule has 1 saturated heterocycles. The summed E-state index contributed by atoms with van der Waals surface area (Å²) in [5, 5.41) is 0.486. The van der Waals surface area contributed by atoms with Crippen molar-refractivity contribution in [2.45, 2.75) is 24.6 Å². The molecule has 0 aliphatic carbocycles. The highest BCUT2D eigenvalue weighted by molar-refractivity contribution is 6.33. The number of rotatable bonds is 2. The summed E-state index contributed by atoms with van der Waals surface area (Å²) in [5.74, 6) is 1.75. The lowest BCUT2D eigenvalue weighted by Gasteiger charge is -2.27. The van der Waals surface area contributed by atoms with Gasteiger partial charge in [0.2, 0.25) is 0 Å². The van der Waals surface area contributed by atoms with Crippen molar-refractivity contribution in [1.82, 2.24) is 0 Å². The van der Waals surface area contributed by atoms with Gasteiger partial charge >= 0.3 is 0 Å². The molecule has 1 aromatic rings. The highest BCUT2D eigenvalue weighted by Gasteiger charge is 2.27. The Balaban J connectivity index is 1.86. The van der Waals surface area contributed by atoms with Crippen LogP contribution in [0.2, 0.25) is 5.02 Å². The summed E-state index contributed by atoms with van der Waals surface area (Å²) in [4.78, 5) is 0. The molecule has 1 aromatic carbocycles. The molecular weight excluding hydrogens is 299 g/mol. The van der Waals surface area contributed by atoms with Crippen molar-refractivity contribution in [3.8, 4) is 11.5 Å². The van der Waals surface area contributed by atoms with Crippen LogP contribution in [0.15, 0.2) is 12.1 Å². The number of alkyl halides is 1. The fraction of sp³-hybridized carbons (Fsp3) is 0.600. The molecule has 2 aliphatic heterocycles. The van der Waals surface area contributed by atoms with Crippen LogP contribution < -0.4 is 9.47 Å². The molecule has 2 unspecified atom stereocenters. The van der Waals surface area contributed by atoms with Crippen molar-refractivity contribution in [3.05, 3.63) is 22.7 Å². The Morgan fingerprint density at radius 2 is 1.80 bits per heavy atom. The SMILES string of the molecule is Clc1cc2c(cc1C(Cl)C1CCCOC1)OCCCO2. The van der Waals surface area contributed by atoms with Gasteiger partial charge < -0.3 is 14.2 Å². The summed E-state index contributed by atoms with van der Waals surface area (Å²) in [6, 6.07) is 3.74. The molecule has 0 radical (unpaired) electrons. The zero-order valence-electron chi connectivity index (χ0n) is 11.2. The van der Waals surface area contributed by atoms with Crippen molar-refractivity contribution in [2.24, 2.45) is 5.92 Å². The Bertz CT molecular complexity index is 472. The molecule has 0 bridgehead atoms. The standard InChI is InChI=1S/C15H18Cl2O3/c16-12-8-14-13(19-5-2-6-20-14)7-11(12)15(17)10-3-1-4-18-9-10/h7-8,10,15H,1-6,9H2. The highest BCUT2D eigenvalue weighted by atomic mass is 35.5. The molecule has 2 aliphatic rings. The van der Waals surface area contributed by atoms with Crippen LogP contribution in [0, 0.1) is 5.92 Å². The van der Waals surface area contributed by atoms with Gasteiger partial charge in [0, 0.05) is 30.0 Å². The molecule has 2 atom stereocenters. The van der Waals surface area contributed by atoms with Gasteiger partial charge in [0.25, 0.3) is 0 Å². The minimum atomic E-state index is -0.153. The number of hydrogen-bond acceptors (Lipinski definition) is 3. The Kier molecular flexibility index (Phi) is 4.59. The van der Waals surface area contributed by atoms with Crippen molar-refractivity contribution in [2.75, 3.05) is 26.4 Å². The van der Waals surface area contributed by atoms with E-state index < -0.39 is 0 Å². The van der Waals surface area contributed by atoms with Gasteiger partial charge in [-0.15, -0.1) is 11.6 Å². The minimum Gasteiger partial charge on any atom is -0.490 e. The Labute approximate surface area is 129 Å². The average Bonchev–Trinajstić information content (AvgIpc) is 2.71. The van der Waals surface area contributed by atoms with Gasteiger partial charge in [0.05, 0.1) is 25.2 Å².